The molecule has 4 nitrogen and oxygen atoms in total. The first-order valence-electron chi connectivity index (χ1n) is 7.42. The zero-order chi connectivity index (χ0) is 13.0. The van der Waals surface area contributed by atoms with Gasteiger partial charge in [0.05, 0.1) is 6.54 Å². The van der Waals surface area contributed by atoms with Crippen molar-refractivity contribution in [1.82, 2.24) is 15.1 Å². The topological polar surface area (TPSA) is 35.6 Å². The second kappa shape index (κ2) is 6.53. The largest absolute Gasteiger partial charge is 0.342 e. The lowest BCUT2D eigenvalue weighted by molar-refractivity contribution is -0.129. The van der Waals surface area contributed by atoms with Crippen LogP contribution in [0.1, 0.15) is 39.0 Å². The smallest absolute Gasteiger partial charge is 0.236 e. The van der Waals surface area contributed by atoms with Gasteiger partial charge in [0, 0.05) is 19.1 Å². The van der Waals surface area contributed by atoms with Gasteiger partial charge in [0.1, 0.15) is 0 Å². The number of piperidine rings is 1. The van der Waals surface area contributed by atoms with E-state index in [1.54, 1.807) is 0 Å². The van der Waals surface area contributed by atoms with Gasteiger partial charge in [0.2, 0.25) is 5.91 Å². The third-order valence-corrected chi connectivity index (χ3v) is 4.16. The van der Waals surface area contributed by atoms with Crippen molar-refractivity contribution >= 4 is 5.91 Å². The van der Waals surface area contributed by atoms with Crippen molar-refractivity contribution in [2.24, 2.45) is 0 Å². The zero-order valence-corrected chi connectivity index (χ0v) is 11.8. The van der Waals surface area contributed by atoms with E-state index >= 15 is 0 Å². The highest BCUT2D eigenvalue weighted by Gasteiger charge is 2.29. The number of carbonyl (C=O) groups is 1. The average molecular weight is 253 g/mol. The fourth-order valence-electron chi connectivity index (χ4n) is 2.70. The second-order valence-corrected chi connectivity index (χ2v) is 5.73. The van der Waals surface area contributed by atoms with Crippen molar-refractivity contribution < 1.29 is 4.79 Å². The first-order chi connectivity index (χ1) is 8.70. The number of rotatable bonds is 6. The van der Waals surface area contributed by atoms with Crippen LogP contribution in [0.4, 0.5) is 0 Å². The van der Waals surface area contributed by atoms with Crippen LogP contribution in [0.15, 0.2) is 0 Å². The SMILES string of the molecule is CCCN1CCC(NCC(=O)N(C)C2CC2)CC1. The maximum absolute atomic E-state index is 11.9. The quantitative estimate of drug-likeness (QED) is 0.769. The van der Waals surface area contributed by atoms with Gasteiger partial charge in [-0.25, -0.2) is 0 Å². The molecule has 1 aliphatic heterocycles. The van der Waals surface area contributed by atoms with E-state index in [1.807, 2.05) is 11.9 Å². The molecule has 0 atom stereocenters. The van der Waals surface area contributed by atoms with Crippen LogP contribution in [0, 0.1) is 0 Å². The fraction of sp³-hybridized carbons (Fsp3) is 0.929. The molecule has 1 amide bonds. The number of likely N-dealkylation sites (N-methyl/N-ethyl adjacent to an activating group) is 1. The minimum atomic E-state index is 0.258. The van der Waals surface area contributed by atoms with Gasteiger partial charge < -0.3 is 15.1 Å². The van der Waals surface area contributed by atoms with Crippen molar-refractivity contribution in [2.45, 2.75) is 51.1 Å². The fourth-order valence-corrected chi connectivity index (χ4v) is 2.70. The zero-order valence-electron chi connectivity index (χ0n) is 11.8. The highest BCUT2D eigenvalue weighted by Crippen LogP contribution is 2.25. The molecule has 0 spiro atoms. The van der Waals surface area contributed by atoms with Gasteiger partial charge >= 0.3 is 0 Å². The van der Waals surface area contributed by atoms with E-state index in [0.29, 0.717) is 18.6 Å². The van der Waals surface area contributed by atoms with Crippen molar-refractivity contribution in [2.75, 3.05) is 33.2 Å². The molecule has 2 rings (SSSR count). The second-order valence-electron chi connectivity index (χ2n) is 5.73. The van der Waals surface area contributed by atoms with Crippen LogP contribution in [0.2, 0.25) is 0 Å². The maximum atomic E-state index is 11.9. The van der Waals surface area contributed by atoms with Crippen LogP contribution in [-0.4, -0.2) is 61.0 Å². The van der Waals surface area contributed by atoms with Gasteiger partial charge in [0.15, 0.2) is 0 Å². The van der Waals surface area contributed by atoms with Gasteiger partial charge in [-0.2, -0.15) is 0 Å². The summed E-state index contributed by atoms with van der Waals surface area (Å²) in [5.41, 5.74) is 0. The molecule has 104 valence electrons. The molecule has 2 aliphatic rings. The van der Waals surface area contributed by atoms with Gasteiger partial charge in [-0.05, 0) is 51.7 Å². The number of likely N-dealkylation sites (tertiary alicyclic amines) is 1. The predicted molar refractivity (Wildman–Crippen MR) is 73.5 cm³/mol. The molecule has 4 heteroatoms. The molecule has 2 fully saturated rings. The molecule has 0 aromatic heterocycles. The standard InChI is InChI=1S/C14H27N3O/c1-3-8-17-9-6-12(7-10-17)15-11-14(18)16(2)13-4-5-13/h12-13,15H,3-11H2,1-2H3. The Balaban J connectivity index is 1.61. The minimum Gasteiger partial charge on any atom is -0.342 e. The van der Waals surface area contributed by atoms with E-state index in [4.69, 9.17) is 0 Å². The van der Waals surface area contributed by atoms with Gasteiger partial charge in [-0.15, -0.1) is 0 Å². The Morgan fingerprint density at radius 1 is 1.28 bits per heavy atom. The molecule has 0 unspecified atom stereocenters. The van der Waals surface area contributed by atoms with Crippen molar-refractivity contribution in [3.63, 3.8) is 0 Å². The summed E-state index contributed by atoms with van der Waals surface area (Å²) in [4.78, 5) is 16.3. The van der Waals surface area contributed by atoms with Crippen molar-refractivity contribution in [3.8, 4) is 0 Å². The Labute approximate surface area is 111 Å². The highest BCUT2D eigenvalue weighted by atomic mass is 16.2. The summed E-state index contributed by atoms with van der Waals surface area (Å²) in [5.74, 6) is 0.258. The Bertz CT molecular complexity index is 270. The summed E-state index contributed by atoms with van der Waals surface area (Å²) in [6.45, 7) is 6.33. The molecule has 0 aromatic rings. The molecule has 1 saturated heterocycles. The number of carbonyl (C=O) groups excluding carboxylic acids is 1. The Morgan fingerprint density at radius 3 is 2.50 bits per heavy atom. The van der Waals surface area contributed by atoms with Crippen LogP contribution in [-0.2, 0) is 4.79 Å². The number of nitrogens with one attached hydrogen (secondary N) is 1. The summed E-state index contributed by atoms with van der Waals surface area (Å²) in [7, 11) is 1.94. The van der Waals surface area contributed by atoms with E-state index in [2.05, 4.69) is 17.1 Å². The third kappa shape index (κ3) is 3.95. The van der Waals surface area contributed by atoms with Gasteiger partial charge in [0.25, 0.3) is 0 Å². The Morgan fingerprint density at radius 2 is 1.94 bits per heavy atom. The van der Waals surface area contributed by atoms with E-state index < -0.39 is 0 Å². The summed E-state index contributed by atoms with van der Waals surface area (Å²) >= 11 is 0. The van der Waals surface area contributed by atoms with Crippen LogP contribution < -0.4 is 5.32 Å². The molecule has 1 heterocycles. The Hall–Kier alpha value is -0.610. The number of nitrogens with zero attached hydrogens (tertiary/aromatic N) is 2. The molecular weight excluding hydrogens is 226 g/mol. The normalized spacial score (nSPS) is 22.1. The lowest BCUT2D eigenvalue weighted by Crippen LogP contribution is -2.46. The number of hydrogen-bond donors (Lipinski definition) is 1. The van der Waals surface area contributed by atoms with Gasteiger partial charge in [-0.1, -0.05) is 6.92 Å². The summed E-state index contributed by atoms with van der Waals surface area (Å²) < 4.78 is 0. The molecule has 0 bridgehead atoms. The van der Waals surface area contributed by atoms with Crippen LogP contribution >= 0.6 is 0 Å². The molecule has 1 aliphatic carbocycles. The first-order valence-corrected chi connectivity index (χ1v) is 7.42. The van der Waals surface area contributed by atoms with E-state index in [9.17, 15) is 4.79 Å². The highest BCUT2D eigenvalue weighted by molar-refractivity contribution is 5.78. The van der Waals surface area contributed by atoms with Crippen LogP contribution in [0.5, 0.6) is 0 Å². The summed E-state index contributed by atoms with van der Waals surface area (Å²) in [6, 6.07) is 1.07. The lowest BCUT2D eigenvalue weighted by atomic mass is 10.0. The average Bonchev–Trinajstić information content (AvgIpc) is 3.21. The monoisotopic (exact) mass is 253 g/mol. The van der Waals surface area contributed by atoms with Crippen molar-refractivity contribution in [3.05, 3.63) is 0 Å². The molecule has 1 N–H and O–H groups in total. The van der Waals surface area contributed by atoms with Crippen molar-refractivity contribution in [1.29, 1.82) is 0 Å². The molecule has 1 saturated carbocycles. The van der Waals surface area contributed by atoms with Crippen LogP contribution in [0.3, 0.4) is 0 Å². The summed E-state index contributed by atoms with van der Waals surface area (Å²) in [6.07, 6.45) is 5.99. The molecule has 0 aromatic carbocycles. The first kappa shape index (κ1) is 13.8. The number of hydrogen-bond acceptors (Lipinski definition) is 3. The third-order valence-electron chi connectivity index (χ3n) is 4.16. The predicted octanol–water partition coefficient (Wildman–Crippen LogP) is 1.07. The molecule has 18 heavy (non-hydrogen) atoms. The Kier molecular flexibility index (Phi) is 5.01. The van der Waals surface area contributed by atoms with Gasteiger partial charge in [-0.3, -0.25) is 4.79 Å². The maximum Gasteiger partial charge on any atom is 0.236 e. The minimum absolute atomic E-state index is 0.258. The number of amides is 1. The van der Waals surface area contributed by atoms with E-state index in [1.165, 1.54) is 51.7 Å². The summed E-state index contributed by atoms with van der Waals surface area (Å²) in [5, 5.41) is 3.43. The van der Waals surface area contributed by atoms with Crippen LogP contribution in [0.25, 0.3) is 0 Å². The molecular formula is C14H27N3O. The lowest BCUT2D eigenvalue weighted by Gasteiger charge is -2.32. The molecule has 0 radical (unpaired) electrons. The van der Waals surface area contributed by atoms with E-state index in [-0.39, 0.29) is 5.91 Å². The van der Waals surface area contributed by atoms with E-state index in [0.717, 1.165) is 0 Å².